The Hall–Kier alpha value is -0.970. The lowest BCUT2D eigenvalue weighted by molar-refractivity contribution is -0.143. The molecule has 0 saturated carbocycles. The maximum Gasteiger partial charge on any atom is 0.416 e. The molecule has 1 aromatic carbocycles. The summed E-state index contributed by atoms with van der Waals surface area (Å²) in [5.74, 6) is -0.521. The van der Waals surface area contributed by atoms with E-state index in [1.807, 2.05) is 13.8 Å². The van der Waals surface area contributed by atoms with Crippen molar-refractivity contribution in [2.24, 2.45) is 0 Å². The largest absolute Gasteiger partial charge is 0.480 e. The van der Waals surface area contributed by atoms with Crippen LogP contribution in [0, 0.1) is 0 Å². The first-order chi connectivity index (χ1) is 8.14. The van der Waals surface area contributed by atoms with Crippen molar-refractivity contribution in [3.05, 3.63) is 29.3 Å². The highest BCUT2D eigenvalue weighted by Crippen LogP contribution is 2.38. The Kier molecular flexibility index (Phi) is 5.93. The number of hydrogen-bond donors (Lipinski definition) is 0. The lowest BCUT2D eigenvalue weighted by Crippen LogP contribution is -2.10. The van der Waals surface area contributed by atoms with Crippen LogP contribution in [-0.4, -0.2) is 0 Å². The topological polar surface area (TPSA) is 9.23 Å². The van der Waals surface area contributed by atoms with Crippen molar-refractivity contribution in [1.82, 2.24) is 0 Å². The summed E-state index contributed by atoms with van der Waals surface area (Å²) in [5, 5.41) is 0. The van der Waals surface area contributed by atoms with Gasteiger partial charge in [-0.15, -0.1) is 0 Å². The van der Waals surface area contributed by atoms with Crippen LogP contribution in [0.3, 0.4) is 0 Å². The first kappa shape index (κ1) is 17.0. The summed E-state index contributed by atoms with van der Waals surface area (Å²) in [6.07, 6.45) is -9.70. The van der Waals surface area contributed by atoms with Crippen molar-refractivity contribution in [2.45, 2.75) is 26.2 Å². The average molecular weight is 292 g/mol. The number of rotatable bonds is 1. The minimum atomic E-state index is -4.85. The van der Waals surface area contributed by atoms with Gasteiger partial charge in [0.1, 0.15) is 5.75 Å². The van der Waals surface area contributed by atoms with Crippen LogP contribution >= 0.6 is 9.47 Å². The second-order valence-corrected chi connectivity index (χ2v) is 3.10. The molecule has 0 spiro atoms. The van der Waals surface area contributed by atoms with Gasteiger partial charge in [0.25, 0.3) is 0 Å². The van der Waals surface area contributed by atoms with Crippen molar-refractivity contribution in [2.75, 3.05) is 0 Å². The fourth-order valence-corrected chi connectivity index (χ4v) is 1.13. The van der Waals surface area contributed by atoms with E-state index in [2.05, 4.69) is 4.52 Å². The van der Waals surface area contributed by atoms with Gasteiger partial charge in [-0.25, -0.2) is 0 Å². The summed E-state index contributed by atoms with van der Waals surface area (Å²) in [4.78, 5) is 0. The third-order valence-corrected chi connectivity index (χ3v) is 1.97. The normalized spacial score (nSPS) is 11.6. The summed E-state index contributed by atoms with van der Waals surface area (Å²) in [6, 6.07) is 1.01. The van der Waals surface area contributed by atoms with Crippen molar-refractivity contribution in [3.63, 3.8) is 0 Å². The Morgan fingerprint density at radius 2 is 1.17 bits per heavy atom. The van der Waals surface area contributed by atoms with E-state index >= 15 is 0 Å². The van der Waals surface area contributed by atoms with Crippen molar-refractivity contribution < 1.29 is 30.9 Å². The van der Waals surface area contributed by atoms with E-state index in [1.165, 1.54) is 0 Å². The Morgan fingerprint density at radius 3 is 1.39 bits per heavy atom. The number of halogens is 6. The number of hydrogen-bond acceptors (Lipinski definition) is 1. The van der Waals surface area contributed by atoms with Gasteiger partial charge in [0, 0.05) is 0 Å². The SMILES string of the molecule is CC.FC(F)(F)c1cc(OP)cc(C(F)(F)F)c1. The van der Waals surface area contributed by atoms with E-state index in [4.69, 9.17) is 0 Å². The van der Waals surface area contributed by atoms with E-state index in [0.29, 0.717) is 12.1 Å². The highest BCUT2D eigenvalue weighted by atomic mass is 31.0. The quantitative estimate of drug-likeness (QED) is 0.527. The van der Waals surface area contributed by atoms with Gasteiger partial charge in [-0.3, -0.25) is 0 Å². The zero-order chi connectivity index (χ0) is 14.6. The Balaban J connectivity index is 0.00000137. The van der Waals surface area contributed by atoms with E-state index in [0.717, 1.165) is 0 Å². The van der Waals surface area contributed by atoms with Crippen LogP contribution < -0.4 is 4.52 Å². The minimum Gasteiger partial charge on any atom is -0.480 e. The van der Waals surface area contributed by atoms with Gasteiger partial charge in [-0.2, -0.15) is 26.3 Å². The Labute approximate surface area is 102 Å². The number of alkyl halides is 6. The lowest BCUT2D eigenvalue weighted by Gasteiger charge is -2.13. The van der Waals surface area contributed by atoms with E-state index in [-0.39, 0.29) is 6.07 Å². The monoisotopic (exact) mass is 292 g/mol. The Morgan fingerprint density at radius 1 is 0.833 bits per heavy atom. The van der Waals surface area contributed by atoms with Gasteiger partial charge in [0.05, 0.1) is 20.6 Å². The van der Waals surface area contributed by atoms with Crippen molar-refractivity contribution in [1.29, 1.82) is 0 Å². The average Bonchev–Trinajstić information content (AvgIpc) is 2.29. The van der Waals surface area contributed by atoms with Crippen LogP contribution in [0.15, 0.2) is 18.2 Å². The van der Waals surface area contributed by atoms with E-state index in [1.54, 1.807) is 9.47 Å². The third-order valence-electron chi connectivity index (χ3n) is 1.70. The van der Waals surface area contributed by atoms with Crippen molar-refractivity contribution >= 4 is 9.47 Å². The van der Waals surface area contributed by atoms with Crippen LogP contribution in [-0.2, 0) is 12.4 Å². The Bertz CT molecular complexity index is 353. The molecule has 0 aliphatic carbocycles. The zero-order valence-corrected chi connectivity index (χ0v) is 10.6. The molecule has 8 heteroatoms. The van der Waals surface area contributed by atoms with Crippen LogP contribution in [0.5, 0.6) is 5.75 Å². The van der Waals surface area contributed by atoms with Crippen LogP contribution in [0.2, 0.25) is 0 Å². The standard InChI is InChI=1S/C8H5F6OP.C2H6/c9-7(10,11)4-1-5(8(12,13)14)3-6(2-4)15-16;1-2/h1-3H,16H2;1-2H3. The molecular weight excluding hydrogens is 281 g/mol. The third kappa shape index (κ3) is 4.72. The van der Waals surface area contributed by atoms with E-state index < -0.39 is 29.2 Å². The van der Waals surface area contributed by atoms with Gasteiger partial charge in [0.15, 0.2) is 0 Å². The molecule has 0 saturated heterocycles. The van der Waals surface area contributed by atoms with Gasteiger partial charge in [0.2, 0.25) is 0 Å². The van der Waals surface area contributed by atoms with Crippen LogP contribution in [0.1, 0.15) is 25.0 Å². The molecule has 1 atom stereocenters. The second-order valence-electron chi connectivity index (χ2n) is 2.86. The second kappa shape index (κ2) is 6.27. The molecule has 1 nitrogen and oxygen atoms in total. The molecule has 0 aliphatic rings. The molecule has 0 amide bonds. The van der Waals surface area contributed by atoms with Gasteiger partial charge in [-0.1, -0.05) is 13.8 Å². The molecule has 0 aromatic heterocycles. The fourth-order valence-electron chi connectivity index (χ4n) is 0.994. The number of benzene rings is 1. The summed E-state index contributed by atoms with van der Waals surface area (Å²) in [7, 11) is 1.59. The highest BCUT2D eigenvalue weighted by Gasteiger charge is 2.37. The predicted octanol–water partition coefficient (Wildman–Crippen LogP) is 4.92. The molecule has 0 N–H and O–H groups in total. The van der Waals surface area contributed by atoms with Crippen LogP contribution in [0.25, 0.3) is 0 Å². The van der Waals surface area contributed by atoms with Gasteiger partial charge >= 0.3 is 12.4 Å². The molecule has 0 bridgehead atoms. The zero-order valence-electron chi connectivity index (χ0n) is 9.49. The smallest absolute Gasteiger partial charge is 0.416 e. The predicted molar refractivity (Wildman–Crippen MR) is 58.1 cm³/mol. The molecule has 0 fully saturated rings. The maximum absolute atomic E-state index is 12.2. The molecule has 18 heavy (non-hydrogen) atoms. The molecule has 1 rings (SSSR count). The molecular formula is C10H11F6OP. The maximum atomic E-state index is 12.2. The van der Waals surface area contributed by atoms with Crippen molar-refractivity contribution in [3.8, 4) is 5.75 Å². The molecule has 1 aromatic rings. The molecule has 1 unspecified atom stereocenters. The highest BCUT2D eigenvalue weighted by molar-refractivity contribution is 7.10. The summed E-state index contributed by atoms with van der Waals surface area (Å²) in [6.45, 7) is 4.00. The lowest BCUT2D eigenvalue weighted by atomic mass is 10.1. The van der Waals surface area contributed by atoms with E-state index in [9.17, 15) is 26.3 Å². The summed E-state index contributed by atoms with van der Waals surface area (Å²) >= 11 is 0. The van der Waals surface area contributed by atoms with Crippen LogP contribution in [0.4, 0.5) is 26.3 Å². The fraction of sp³-hybridized carbons (Fsp3) is 0.400. The molecule has 0 aliphatic heterocycles. The van der Waals surface area contributed by atoms with Gasteiger partial charge in [-0.05, 0) is 18.2 Å². The minimum absolute atomic E-state index is 0.0349. The first-order valence-electron chi connectivity index (χ1n) is 4.81. The summed E-state index contributed by atoms with van der Waals surface area (Å²) in [5.41, 5.74) is -2.81. The molecule has 0 heterocycles. The van der Waals surface area contributed by atoms with Gasteiger partial charge < -0.3 is 4.52 Å². The summed E-state index contributed by atoms with van der Waals surface area (Å²) < 4.78 is 77.8. The molecule has 0 radical (unpaired) electrons. The first-order valence-corrected chi connectivity index (χ1v) is 5.28. The molecule has 104 valence electrons.